The Balaban J connectivity index is 2.31. The lowest BCUT2D eigenvalue weighted by molar-refractivity contribution is -0.384. The molecule has 0 saturated carbocycles. The zero-order valence-electron chi connectivity index (χ0n) is 15.8. The van der Waals surface area contributed by atoms with Crippen molar-refractivity contribution in [3.05, 3.63) is 57.6 Å². The number of benzene rings is 2. The summed E-state index contributed by atoms with van der Waals surface area (Å²) in [5, 5.41) is 14.8. The summed E-state index contributed by atoms with van der Waals surface area (Å²) < 4.78 is 29.2. The van der Waals surface area contributed by atoms with Gasteiger partial charge in [-0.1, -0.05) is 11.6 Å². The summed E-state index contributed by atoms with van der Waals surface area (Å²) in [5.74, 6) is 0.0775. The van der Waals surface area contributed by atoms with E-state index in [2.05, 4.69) is 5.32 Å². The summed E-state index contributed by atoms with van der Waals surface area (Å²) in [6, 6.07) is 11.0. The Kier molecular flexibility index (Phi) is 7.83. The Morgan fingerprint density at radius 2 is 1.68 bits per heavy atom. The molecular weight excluding hydrogens is 407 g/mol. The van der Waals surface area contributed by atoms with Crippen LogP contribution in [0.2, 0.25) is 5.02 Å². The van der Waals surface area contributed by atoms with Crippen LogP contribution in [-0.4, -0.2) is 23.9 Å². The van der Waals surface area contributed by atoms with Crippen molar-refractivity contribution in [1.82, 2.24) is 0 Å². The Hall–Kier alpha value is -2.12. The van der Waals surface area contributed by atoms with E-state index >= 15 is 0 Å². The van der Waals surface area contributed by atoms with Gasteiger partial charge in [-0.05, 0) is 51.1 Å². The van der Waals surface area contributed by atoms with Crippen molar-refractivity contribution in [2.75, 3.05) is 18.5 Å². The number of anilines is 1. The fourth-order valence-electron chi connectivity index (χ4n) is 2.42. The third-order valence-corrected chi connectivity index (χ3v) is 6.24. The predicted molar refractivity (Wildman–Crippen MR) is 109 cm³/mol. The van der Waals surface area contributed by atoms with E-state index in [0.717, 1.165) is 0 Å². The fourth-order valence-corrected chi connectivity index (χ4v) is 4.08. The van der Waals surface area contributed by atoms with Gasteiger partial charge in [0.2, 0.25) is 0 Å². The molecule has 0 bridgehead atoms. The van der Waals surface area contributed by atoms with Crippen LogP contribution in [0.25, 0.3) is 0 Å². The smallest absolute Gasteiger partial charge is 0.352 e. The van der Waals surface area contributed by atoms with Gasteiger partial charge >= 0.3 is 7.60 Å². The second-order valence-electron chi connectivity index (χ2n) is 5.69. The van der Waals surface area contributed by atoms with Crippen molar-refractivity contribution in [3.8, 4) is 11.5 Å². The van der Waals surface area contributed by atoms with Crippen molar-refractivity contribution >= 4 is 30.6 Å². The lowest BCUT2D eigenvalue weighted by Gasteiger charge is -2.24. The molecule has 28 heavy (non-hydrogen) atoms. The van der Waals surface area contributed by atoms with E-state index in [0.29, 0.717) is 16.5 Å². The molecule has 1 atom stereocenters. The maximum absolute atomic E-state index is 12.9. The summed E-state index contributed by atoms with van der Waals surface area (Å²) in [4.78, 5) is 10.9. The minimum absolute atomic E-state index is 0.142. The molecule has 2 aromatic rings. The molecule has 10 heteroatoms. The molecule has 0 aliphatic heterocycles. The van der Waals surface area contributed by atoms with E-state index < -0.39 is 18.3 Å². The van der Waals surface area contributed by atoms with E-state index in [1.165, 1.54) is 18.2 Å². The van der Waals surface area contributed by atoms with Gasteiger partial charge < -0.3 is 19.1 Å². The Morgan fingerprint density at radius 3 is 2.21 bits per heavy atom. The Bertz CT molecular complexity index is 852. The topological polar surface area (TPSA) is 99.9 Å². The number of ether oxygens (including phenoxy) is 1. The molecule has 0 amide bonds. The number of nitro benzene ring substituents is 1. The molecule has 0 spiro atoms. The van der Waals surface area contributed by atoms with Crippen LogP contribution in [0.4, 0.5) is 11.4 Å². The monoisotopic (exact) mass is 428 g/mol. The van der Waals surface area contributed by atoms with Crippen LogP contribution in [0.5, 0.6) is 11.5 Å². The highest BCUT2D eigenvalue weighted by Gasteiger charge is 2.33. The van der Waals surface area contributed by atoms with Crippen LogP contribution in [0.1, 0.15) is 20.8 Å². The average molecular weight is 429 g/mol. The molecular formula is C18H22ClN2O6P. The molecule has 2 aromatic carbocycles. The van der Waals surface area contributed by atoms with Crippen LogP contribution in [0.15, 0.2) is 42.5 Å². The van der Waals surface area contributed by atoms with E-state index in [-0.39, 0.29) is 24.6 Å². The van der Waals surface area contributed by atoms with Crippen LogP contribution in [0.3, 0.4) is 0 Å². The molecule has 8 nitrogen and oxygen atoms in total. The minimum atomic E-state index is -3.50. The first-order chi connectivity index (χ1) is 13.3. The standard InChI is InChI=1S/C18H22ClN2O6P/c1-4-25-28(24,26-5-2)13(3)20-17-12-16(10-11-18(17)21(22)23)27-15-8-6-14(19)7-9-15/h6-13,20H,4-5H2,1-3H3. The summed E-state index contributed by atoms with van der Waals surface area (Å²) in [6.45, 7) is 5.35. The largest absolute Gasteiger partial charge is 0.457 e. The number of hydrogen-bond acceptors (Lipinski definition) is 7. The fraction of sp³-hybridized carbons (Fsp3) is 0.333. The molecule has 1 N–H and O–H groups in total. The van der Waals surface area contributed by atoms with Crippen molar-refractivity contribution in [2.45, 2.75) is 26.6 Å². The zero-order chi connectivity index (χ0) is 20.7. The number of rotatable bonds is 10. The molecule has 2 rings (SSSR count). The Morgan fingerprint density at radius 1 is 1.11 bits per heavy atom. The first-order valence-electron chi connectivity index (χ1n) is 8.66. The third kappa shape index (κ3) is 5.69. The number of nitrogens with zero attached hydrogens (tertiary/aromatic N) is 1. The summed E-state index contributed by atoms with van der Waals surface area (Å²) in [6.07, 6.45) is 0. The highest BCUT2D eigenvalue weighted by molar-refractivity contribution is 7.54. The lowest BCUT2D eigenvalue weighted by atomic mass is 10.2. The van der Waals surface area contributed by atoms with E-state index in [9.17, 15) is 14.7 Å². The SMILES string of the molecule is CCOP(=O)(OCC)C(C)Nc1cc(Oc2ccc(Cl)cc2)ccc1[N+](=O)[O-]. The normalized spacial score (nSPS) is 12.4. The molecule has 0 radical (unpaired) electrons. The zero-order valence-corrected chi connectivity index (χ0v) is 17.4. The van der Waals surface area contributed by atoms with Crippen molar-refractivity contribution < 1.29 is 23.3 Å². The van der Waals surface area contributed by atoms with E-state index in [4.69, 9.17) is 25.4 Å². The highest BCUT2D eigenvalue weighted by Crippen LogP contribution is 2.53. The maximum Gasteiger partial charge on any atom is 0.352 e. The summed E-state index contributed by atoms with van der Waals surface area (Å²) >= 11 is 5.86. The predicted octanol–water partition coefficient (Wildman–Crippen LogP) is 6.06. The van der Waals surface area contributed by atoms with Gasteiger partial charge in [-0.2, -0.15) is 0 Å². The van der Waals surface area contributed by atoms with Crippen LogP contribution in [0, 0.1) is 10.1 Å². The molecule has 1 unspecified atom stereocenters. The van der Waals surface area contributed by atoms with Gasteiger partial charge in [-0.25, -0.2) is 0 Å². The summed E-state index contributed by atoms with van der Waals surface area (Å²) in [7, 11) is -3.50. The summed E-state index contributed by atoms with van der Waals surface area (Å²) in [5.41, 5.74) is -0.0431. The number of nitro groups is 1. The van der Waals surface area contributed by atoms with Gasteiger partial charge in [0.25, 0.3) is 5.69 Å². The Labute approximate surface area is 168 Å². The van der Waals surface area contributed by atoms with Crippen LogP contribution < -0.4 is 10.1 Å². The molecule has 0 heterocycles. The van der Waals surface area contributed by atoms with Crippen molar-refractivity contribution in [3.63, 3.8) is 0 Å². The average Bonchev–Trinajstić information content (AvgIpc) is 2.64. The second kappa shape index (κ2) is 9.89. The van der Waals surface area contributed by atoms with Gasteiger partial charge in [-0.15, -0.1) is 0 Å². The van der Waals surface area contributed by atoms with Gasteiger partial charge in [-0.3, -0.25) is 14.7 Å². The lowest BCUT2D eigenvalue weighted by Crippen LogP contribution is -2.19. The van der Waals surface area contributed by atoms with E-state index in [1.807, 2.05) is 0 Å². The van der Waals surface area contributed by atoms with Gasteiger partial charge in [0, 0.05) is 17.2 Å². The number of halogens is 1. The van der Waals surface area contributed by atoms with Crippen LogP contribution >= 0.6 is 19.2 Å². The molecule has 152 valence electrons. The van der Waals surface area contributed by atoms with Crippen LogP contribution in [-0.2, 0) is 13.6 Å². The molecule has 0 fully saturated rings. The second-order valence-corrected chi connectivity index (χ2v) is 8.49. The minimum Gasteiger partial charge on any atom is -0.457 e. The number of nitrogens with one attached hydrogen (secondary N) is 1. The number of hydrogen-bond donors (Lipinski definition) is 1. The molecule has 0 saturated heterocycles. The molecule has 0 aliphatic carbocycles. The van der Waals surface area contributed by atoms with E-state index in [1.54, 1.807) is 45.0 Å². The highest BCUT2D eigenvalue weighted by atomic mass is 35.5. The maximum atomic E-state index is 12.9. The van der Waals surface area contributed by atoms with Gasteiger partial charge in [0.05, 0.1) is 18.1 Å². The first-order valence-corrected chi connectivity index (χ1v) is 10.6. The first kappa shape index (κ1) is 22.2. The van der Waals surface area contributed by atoms with Gasteiger partial charge in [0.15, 0.2) is 0 Å². The van der Waals surface area contributed by atoms with Crippen molar-refractivity contribution in [1.29, 1.82) is 0 Å². The van der Waals surface area contributed by atoms with Gasteiger partial charge in [0.1, 0.15) is 23.0 Å². The quantitative estimate of drug-likeness (QED) is 0.278. The molecule has 0 aliphatic rings. The third-order valence-electron chi connectivity index (χ3n) is 3.67. The molecule has 0 aromatic heterocycles. The van der Waals surface area contributed by atoms with Crippen molar-refractivity contribution in [2.24, 2.45) is 0 Å².